The molecule has 0 amide bonds. The molecule has 0 spiro atoms. The van der Waals surface area contributed by atoms with Crippen molar-refractivity contribution in [3.05, 3.63) is 48.4 Å². The minimum absolute atomic E-state index is 0. The second-order valence-electron chi connectivity index (χ2n) is 8.82. The van der Waals surface area contributed by atoms with E-state index in [1.165, 1.54) is 0 Å². The largest absolute Gasteiger partial charge is 0.491 e. The zero-order valence-corrected chi connectivity index (χ0v) is 19.4. The van der Waals surface area contributed by atoms with E-state index in [-0.39, 0.29) is 7.53 Å². The van der Waals surface area contributed by atoms with Gasteiger partial charge in [0.15, 0.2) is 5.82 Å². The molecule has 9 heteroatoms. The van der Waals surface area contributed by atoms with Crippen molar-refractivity contribution in [3.8, 4) is 11.6 Å². The van der Waals surface area contributed by atoms with Crippen LogP contribution in [0, 0.1) is 6.92 Å². The number of benzene rings is 1. The molecule has 33 heavy (non-hydrogen) atoms. The van der Waals surface area contributed by atoms with Crippen LogP contribution in [0.3, 0.4) is 0 Å². The second-order valence-corrected chi connectivity index (χ2v) is 8.82. The molecular weight excluding hydrogens is 418 g/mol. The number of ether oxygens (including phenoxy) is 2. The summed E-state index contributed by atoms with van der Waals surface area (Å²) in [5.41, 5.74) is 3.12. The lowest BCUT2D eigenvalue weighted by atomic mass is 10.1. The number of rotatable bonds is 7. The van der Waals surface area contributed by atoms with Gasteiger partial charge in [0.25, 0.3) is 0 Å². The summed E-state index contributed by atoms with van der Waals surface area (Å²) in [6.45, 7) is 11.9. The highest BCUT2D eigenvalue weighted by atomic mass is 16.5. The zero-order chi connectivity index (χ0) is 22.8. The minimum atomic E-state index is 0. The van der Waals surface area contributed by atoms with Crippen molar-refractivity contribution in [1.29, 1.82) is 0 Å². The molecule has 2 saturated heterocycles. The Bertz CT molecular complexity index is 1080. The quantitative estimate of drug-likeness (QED) is 0.586. The third kappa shape index (κ3) is 4.79. The molecule has 176 valence electrons. The van der Waals surface area contributed by atoms with Crippen LogP contribution in [0.25, 0.3) is 5.82 Å². The van der Waals surface area contributed by atoms with Gasteiger partial charge in [0.1, 0.15) is 12.1 Å². The van der Waals surface area contributed by atoms with Crippen LogP contribution >= 0.6 is 0 Å². The molecule has 2 aliphatic heterocycles. The molecule has 0 aliphatic carbocycles. The summed E-state index contributed by atoms with van der Waals surface area (Å²) in [5.74, 6) is 2.12. The fraction of sp³-hybridized carbons (Fsp3) is 0.458. The summed E-state index contributed by atoms with van der Waals surface area (Å²) in [6.07, 6.45) is 3.49. The lowest BCUT2D eigenvalue weighted by molar-refractivity contribution is -0.0660. The molecule has 2 fully saturated rings. The van der Waals surface area contributed by atoms with Crippen LogP contribution < -0.4 is 15.0 Å². The number of hydrogen-bond donors (Lipinski definition) is 1. The van der Waals surface area contributed by atoms with Gasteiger partial charge in [-0.2, -0.15) is 4.98 Å². The molecule has 9 nitrogen and oxygen atoms in total. The van der Waals surface area contributed by atoms with Crippen LogP contribution in [0.1, 0.15) is 20.8 Å². The second kappa shape index (κ2) is 9.36. The predicted octanol–water partition coefficient (Wildman–Crippen LogP) is 3.27. The van der Waals surface area contributed by atoms with E-state index < -0.39 is 0 Å². The molecule has 1 N–H and O–H groups in total. The van der Waals surface area contributed by atoms with E-state index in [2.05, 4.69) is 63.1 Å². The average Bonchev–Trinajstić information content (AvgIpc) is 3.25. The van der Waals surface area contributed by atoms with Crippen LogP contribution in [-0.2, 0) is 4.74 Å². The third-order valence-electron chi connectivity index (χ3n) is 6.15. The molecule has 0 saturated carbocycles. The highest BCUT2D eigenvalue weighted by Crippen LogP contribution is 2.35. The molecule has 2 aliphatic rings. The van der Waals surface area contributed by atoms with E-state index in [1.54, 1.807) is 17.2 Å². The molecule has 4 heterocycles. The van der Waals surface area contributed by atoms with E-state index in [0.717, 1.165) is 67.9 Å². The molecule has 0 atom stereocenters. The first-order valence-electron chi connectivity index (χ1n) is 11.5. The lowest BCUT2D eigenvalue weighted by Crippen LogP contribution is -2.56. The van der Waals surface area contributed by atoms with Gasteiger partial charge < -0.3 is 19.7 Å². The van der Waals surface area contributed by atoms with Crippen molar-refractivity contribution in [3.63, 3.8) is 0 Å². The fourth-order valence-electron chi connectivity index (χ4n) is 4.18. The number of nitrogens with zero attached hydrogens (tertiary/aromatic N) is 6. The molecule has 0 unspecified atom stereocenters. The number of hydrogen-bond acceptors (Lipinski definition) is 8. The summed E-state index contributed by atoms with van der Waals surface area (Å²) < 4.78 is 13.2. The Kier molecular flexibility index (Phi) is 6.15. The van der Waals surface area contributed by atoms with Gasteiger partial charge in [-0.25, -0.2) is 9.67 Å². The van der Waals surface area contributed by atoms with Gasteiger partial charge in [-0.1, -0.05) is 6.07 Å². The zero-order valence-electron chi connectivity index (χ0n) is 19.4. The highest BCUT2D eigenvalue weighted by Gasteiger charge is 2.29. The van der Waals surface area contributed by atoms with E-state index in [1.807, 2.05) is 18.2 Å². The number of anilines is 3. The van der Waals surface area contributed by atoms with Gasteiger partial charge in [-0.05, 0) is 39.0 Å². The Morgan fingerprint density at radius 1 is 1.12 bits per heavy atom. The molecule has 0 radical (unpaired) electrons. The molecular formula is C24H33N7O2. The Morgan fingerprint density at radius 2 is 1.94 bits per heavy atom. The molecule has 3 aromatic rings. The van der Waals surface area contributed by atoms with Crippen LogP contribution in [-0.4, -0.2) is 76.2 Å². The van der Waals surface area contributed by atoms with E-state index in [0.29, 0.717) is 12.0 Å². The van der Waals surface area contributed by atoms with E-state index in [9.17, 15) is 0 Å². The van der Waals surface area contributed by atoms with Crippen molar-refractivity contribution < 1.29 is 10.9 Å². The molecule has 0 bridgehead atoms. The Balaban J connectivity index is 0.00000274. The monoisotopic (exact) mass is 451 g/mol. The maximum atomic E-state index is 6.17. The van der Waals surface area contributed by atoms with Gasteiger partial charge in [-0.3, -0.25) is 4.90 Å². The van der Waals surface area contributed by atoms with Crippen LogP contribution in [0.15, 0.2) is 42.9 Å². The first kappa shape index (κ1) is 21.7. The van der Waals surface area contributed by atoms with E-state index in [4.69, 9.17) is 9.47 Å². The minimum Gasteiger partial charge on any atom is -0.491 e. The Hall–Kier alpha value is -3.17. The Morgan fingerprint density at radius 3 is 2.61 bits per heavy atom. The van der Waals surface area contributed by atoms with Gasteiger partial charge in [0.2, 0.25) is 5.95 Å². The fourth-order valence-corrected chi connectivity index (χ4v) is 4.18. The standard InChI is InChI=1S/C24H31N7O2.H2/c1-17(2)33-22-13-19(29-8-10-30(11-9-29)20-14-32-15-20)12-21(18(22)3)27-24-26-16-31(28-24)23-6-4-5-7-25-23;/h4-7,12-13,16-17,20H,8-11,14-15H2,1-3H3,(H,27,28);1H. The SMILES string of the molecule is Cc1c(Nc2ncn(-c3ccccn3)n2)cc(N2CCN(C3COC3)CC2)cc1OC(C)C.[HH]. The number of aromatic nitrogens is 4. The Labute approximate surface area is 195 Å². The van der Waals surface area contributed by atoms with Crippen molar-refractivity contribution in [2.24, 2.45) is 0 Å². The normalized spacial score (nSPS) is 17.3. The first-order chi connectivity index (χ1) is 16.1. The first-order valence-corrected chi connectivity index (χ1v) is 11.5. The average molecular weight is 452 g/mol. The number of nitrogens with one attached hydrogen (secondary N) is 1. The van der Waals surface area contributed by atoms with Crippen LogP contribution in [0.2, 0.25) is 0 Å². The van der Waals surface area contributed by atoms with Crippen LogP contribution in [0.5, 0.6) is 5.75 Å². The third-order valence-corrected chi connectivity index (χ3v) is 6.15. The molecule has 5 rings (SSSR count). The van der Waals surface area contributed by atoms with Crippen LogP contribution in [0.4, 0.5) is 17.3 Å². The molecule has 2 aromatic heterocycles. The topological polar surface area (TPSA) is 80.6 Å². The van der Waals surface area contributed by atoms with Gasteiger partial charge in [0, 0.05) is 56.8 Å². The lowest BCUT2D eigenvalue weighted by Gasteiger charge is -2.43. The summed E-state index contributed by atoms with van der Waals surface area (Å²) in [4.78, 5) is 13.7. The van der Waals surface area contributed by atoms with Crippen molar-refractivity contribution in [2.75, 3.05) is 49.6 Å². The highest BCUT2D eigenvalue weighted by molar-refractivity contribution is 5.70. The summed E-state index contributed by atoms with van der Waals surface area (Å²) >= 11 is 0. The van der Waals surface area contributed by atoms with Crippen molar-refractivity contribution in [1.82, 2.24) is 24.6 Å². The summed E-state index contributed by atoms with van der Waals surface area (Å²) in [6, 6.07) is 10.6. The van der Waals surface area contributed by atoms with E-state index >= 15 is 0 Å². The van der Waals surface area contributed by atoms with Gasteiger partial charge in [-0.15, -0.1) is 5.10 Å². The van der Waals surface area contributed by atoms with Crippen molar-refractivity contribution >= 4 is 17.3 Å². The smallest absolute Gasteiger partial charge is 0.247 e. The number of pyridine rings is 1. The maximum Gasteiger partial charge on any atom is 0.247 e. The van der Waals surface area contributed by atoms with Crippen molar-refractivity contribution in [2.45, 2.75) is 32.9 Å². The van der Waals surface area contributed by atoms with Gasteiger partial charge in [0.05, 0.1) is 25.4 Å². The summed E-state index contributed by atoms with van der Waals surface area (Å²) in [5, 5.41) is 7.95. The number of piperazine rings is 1. The van der Waals surface area contributed by atoms with Gasteiger partial charge >= 0.3 is 0 Å². The maximum absolute atomic E-state index is 6.17. The molecule has 1 aromatic carbocycles. The predicted molar refractivity (Wildman–Crippen MR) is 130 cm³/mol. The summed E-state index contributed by atoms with van der Waals surface area (Å²) in [7, 11) is 0.